The molecule has 0 bridgehead atoms. The van der Waals surface area contributed by atoms with E-state index < -0.39 is 12.1 Å². The lowest BCUT2D eigenvalue weighted by Crippen LogP contribution is -2.45. The second kappa shape index (κ2) is 53.5. The molecule has 0 saturated heterocycles. The van der Waals surface area contributed by atoms with Crippen LogP contribution in [0.1, 0.15) is 328 Å². The van der Waals surface area contributed by atoms with Crippen molar-refractivity contribution < 1.29 is 24.5 Å². The van der Waals surface area contributed by atoms with Crippen LogP contribution >= 0.6 is 0 Å². The molecule has 0 fully saturated rings. The zero-order chi connectivity index (χ0) is 45.8. The lowest BCUT2D eigenvalue weighted by molar-refractivity contribution is -0.143. The van der Waals surface area contributed by atoms with Crippen molar-refractivity contribution in [3.05, 3.63) is 0 Å². The fraction of sp³-hybridized carbons (Fsp3) is 0.965. The molecule has 0 aliphatic carbocycles. The number of esters is 1. The highest BCUT2D eigenvalue weighted by atomic mass is 16.5. The van der Waals surface area contributed by atoms with Crippen LogP contribution in [0.5, 0.6) is 0 Å². The summed E-state index contributed by atoms with van der Waals surface area (Å²) in [5.74, 6) is -0.0221. The number of carbonyl (C=O) groups excluding carboxylic acids is 2. The van der Waals surface area contributed by atoms with Crippen LogP contribution in [-0.4, -0.2) is 47.4 Å². The number of hydrogen-bond acceptors (Lipinski definition) is 5. The molecular formula is C57H113NO5. The lowest BCUT2D eigenvalue weighted by atomic mass is 10.0. The highest BCUT2D eigenvalue weighted by molar-refractivity contribution is 5.76. The van der Waals surface area contributed by atoms with Crippen molar-refractivity contribution >= 4 is 11.9 Å². The number of amides is 1. The molecule has 6 heteroatoms. The normalized spacial score (nSPS) is 12.5. The molecule has 63 heavy (non-hydrogen) atoms. The molecule has 376 valence electrons. The minimum atomic E-state index is -0.663. The van der Waals surface area contributed by atoms with Crippen molar-refractivity contribution in [1.29, 1.82) is 0 Å². The van der Waals surface area contributed by atoms with Crippen molar-refractivity contribution in [3.63, 3.8) is 0 Å². The molecule has 6 nitrogen and oxygen atoms in total. The van der Waals surface area contributed by atoms with Gasteiger partial charge in [0.15, 0.2) is 0 Å². The van der Waals surface area contributed by atoms with Gasteiger partial charge in [0.05, 0.1) is 25.4 Å². The third kappa shape index (κ3) is 50.1. The maximum Gasteiger partial charge on any atom is 0.305 e. The van der Waals surface area contributed by atoms with Crippen LogP contribution in [-0.2, 0) is 14.3 Å². The summed E-state index contributed by atoms with van der Waals surface area (Å²) in [4.78, 5) is 24.5. The van der Waals surface area contributed by atoms with E-state index in [1.807, 2.05) is 0 Å². The van der Waals surface area contributed by atoms with E-state index in [0.29, 0.717) is 25.9 Å². The molecule has 0 aliphatic rings. The first-order valence-electron chi connectivity index (χ1n) is 28.8. The highest BCUT2D eigenvalue weighted by Crippen LogP contribution is 2.18. The Balaban J connectivity index is 3.37. The summed E-state index contributed by atoms with van der Waals surface area (Å²) in [6.07, 6.45) is 60.9. The minimum Gasteiger partial charge on any atom is -0.466 e. The van der Waals surface area contributed by atoms with Gasteiger partial charge in [-0.2, -0.15) is 0 Å². The van der Waals surface area contributed by atoms with Crippen LogP contribution < -0.4 is 5.32 Å². The molecular weight excluding hydrogens is 779 g/mol. The van der Waals surface area contributed by atoms with Gasteiger partial charge in [-0.05, 0) is 25.7 Å². The molecule has 0 aliphatic heterocycles. The number of carbonyl (C=O) groups is 2. The molecule has 0 aromatic heterocycles. The van der Waals surface area contributed by atoms with Gasteiger partial charge in [-0.3, -0.25) is 9.59 Å². The van der Waals surface area contributed by atoms with Gasteiger partial charge in [0, 0.05) is 12.8 Å². The van der Waals surface area contributed by atoms with Crippen LogP contribution in [0.25, 0.3) is 0 Å². The van der Waals surface area contributed by atoms with Gasteiger partial charge in [-0.15, -0.1) is 0 Å². The second-order valence-corrected chi connectivity index (χ2v) is 20.0. The summed E-state index contributed by atoms with van der Waals surface area (Å²) >= 11 is 0. The van der Waals surface area contributed by atoms with Gasteiger partial charge < -0.3 is 20.3 Å². The maximum absolute atomic E-state index is 12.5. The summed E-state index contributed by atoms with van der Waals surface area (Å²) in [6, 6.07) is -0.540. The van der Waals surface area contributed by atoms with E-state index in [9.17, 15) is 19.8 Å². The Morgan fingerprint density at radius 3 is 0.968 bits per heavy atom. The smallest absolute Gasteiger partial charge is 0.305 e. The molecule has 2 unspecified atom stereocenters. The number of nitrogens with one attached hydrogen (secondary N) is 1. The molecule has 0 radical (unpaired) electrons. The van der Waals surface area contributed by atoms with E-state index >= 15 is 0 Å². The SMILES string of the molecule is CCCCCCCCCCCCCCCC(=O)OCCCCCCCCCCCCCCCCCCCCCCC(=O)NC(CO)C(O)CCCCCCCCCCCCCCC. The fourth-order valence-corrected chi connectivity index (χ4v) is 9.23. The van der Waals surface area contributed by atoms with E-state index in [0.717, 1.165) is 38.5 Å². The predicted molar refractivity (Wildman–Crippen MR) is 274 cm³/mol. The summed E-state index contributed by atoms with van der Waals surface area (Å²) in [6.45, 7) is 4.97. The number of aliphatic hydroxyl groups is 2. The molecule has 0 heterocycles. The standard InChI is InChI=1S/C57H113NO5/c1-3-5-7-9-11-13-15-25-29-33-37-41-45-49-55(60)54(53-59)58-56(61)50-46-42-38-34-30-27-23-21-19-17-18-20-22-24-28-32-36-40-44-48-52-63-57(62)51-47-43-39-35-31-26-16-14-12-10-8-6-4-2/h54-55,59-60H,3-53H2,1-2H3,(H,58,61). The number of hydrogen-bond donors (Lipinski definition) is 3. The quantitative estimate of drug-likeness (QED) is 0.0418. The number of ether oxygens (including phenoxy) is 1. The van der Waals surface area contributed by atoms with Gasteiger partial charge >= 0.3 is 5.97 Å². The fourth-order valence-electron chi connectivity index (χ4n) is 9.23. The van der Waals surface area contributed by atoms with Gasteiger partial charge in [0.2, 0.25) is 5.91 Å². The Kier molecular flexibility index (Phi) is 52.5. The topological polar surface area (TPSA) is 95.9 Å². The molecule has 1 amide bonds. The van der Waals surface area contributed by atoms with Gasteiger partial charge in [-0.1, -0.05) is 290 Å². The van der Waals surface area contributed by atoms with Crippen molar-refractivity contribution in [2.45, 2.75) is 341 Å². The zero-order valence-corrected chi connectivity index (χ0v) is 42.8. The largest absolute Gasteiger partial charge is 0.466 e. The van der Waals surface area contributed by atoms with E-state index in [1.54, 1.807) is 0 Å². The summed E-state index contributed by atoms with van der Waals surface area (Å²) in [7, 11) is 0. The summed E-state index contributed by atoms with van der Waals surface area (Å²) < 4.78 is 5.48. The molecule has 0 saturated carbocycles. The first kappa shape index (κ1) is 61.9. The Bertz CT molecular complexity index is 898. The van der Waals surface area contributed by atoms with Gasteiger partial charge in [0.25, 0.3) is 0 Å². The van der Waals surface area contributed by atoms with Crippen molar-refractivity contribution in [1.82, 2.24) is 5.32 Å². The zero-order valence-electron chi connectivity index (χ0n) is 42.8. The lowest BCUT2D eigenvalue weighted by Gasteiger charge is -2.22. The van der Waals surface area contributed by atoms with E-state index in [1.165, 1.54) is 257 Å². The maximum atomic E-state index is 12.5. The third-order valence-electron chi connectivity index (χ3n) is 13.7. The van der Waals surface area contributed by atoms with Crippen LogP contribution in [0.2, 0.25) is 0 Å². The molecule has 0 rings (SSSR count). The van der Waals surface area contributed by atoms with Crippen LogP contribution in [0.4, 0.5) is 0 Å². The first-order valence-corrected chi connectivity index (χ1v) is 28.8. The molecule has 2 atom stereocenters. The molecule has 0 spiro atoms. The van der Waals surface area contributed by atoms with Gasteiger partial charge in [-0.25, -0.2) is 0 Å². The monoisotopic (exact) mass is 892 g/mol. The number of aliphatic hydroxyl groups excluding tert-OH is 2. The third-order valence-corrected chi connectivity index (χ3v) is 13.7. The molecule has 3 N–H and O–H groups in total. The van der Waals surface area contributed by atoms with Crippen LogP contribution in [0, 0.1) is 0 Å². The van der Waals surface area contributed by atoms with E-state index in [-0.39, 0.29) is 18.5 Å². The Hall–Kier alpha value is -1.14. The Morgan fingerprint density at radius 2 is 0.651 bits per heavy atom. The molecule has 0 aromatic rings. The summed E-state index contributed by atoms with van der Waals surface area (Å²) in [5.41, 5.74) is 0. The van der Waals surface area contributed by atoms with E-state index in [4.69, 9.17) is 4.74 Å². The number of rotatable bonds is 54. The van der Waals surface area contributed by atoms with Crippen molar-refractivity contribution in [2.24, 2.45) is 0 Å². The van der Waals surface area contributed by atoms with E-state index in [2.05, 4.69) is 19.2 Å². The van der Waals surface area contributed by atoms with Gasteiger partial charge in [0.1, 0.15) is 0 Å². The minimum absolute atomic E-state index is 0.0129. The van der Waals surface area contributed by atoms with Crippen LogP contribution in [0.3, 0.4) is 0 Å². The Labute approximate surface area is 394 Å². The second-order valence-electron chi connectivity index (χ2n) is 20.0. The van der Waals surface area contributed by atoms with Crippen molar-refractivity contribution in [3.8, 4) is 0 Å². The average Bonchev–Trinajstić information content (AvgIpc) is 3.28. The van der Waals surface area contributed by atoms with Crippen molar-refractivity contribution in [2.75, 3.05) is 13.2 Å². The summed E-state index contributed by atoms with van der Waals surface area (Å²) in [5, 5.41) is 23.2. The first-order chi connectivity index (χ1) is 31.0. The molecule has 0 aromatic carbocycles. The average molecular weight is 893 g/mol. The highest BCUT2D eigenvalue weighted by Gasteiger charge is 2.20. The Morgan fingerprint density at radius 1 is 0.381 bits per heavy atom. The predicted octanol–water partition coefficient (Wildman–Crippen LogP) is 17.5. The van der Waals surface area contributed by atoms with Crippen LogP contribution in [0.15, 0.2) is 0 Å². The number of unbranched alkanes of at least 4 members (excludes halogenated alkanes) is 43.